The van der Waals surface area contributed by atoms with E-state index >= 15 is 0 Å². The average Bonchev–Trinajstić information content (AvgIpc) is 3.42. The number of hydrogen-bond acceptors (Lipinski definition) is 7. The molecule has 0 aliphatic carbocycles. The number of furan rings is 1. The van der Waals surface area contributed by atoms with E-state index < -0.39 is 0 Å². The van der Waals surface area contributed by atoms with Crippen molar-refractivity contribution >= 4 is 5.91 Å². The lowest BCUT2D eigenvalue weighted by atomic mass is 9.93. The maximum Gasteiger partial charge on any atom is 0.220 e. The van der Waals surface area contributed by atoms with Gasteiger partial charge in [-0.05, 0) is 54.6 Å². The van der Waals surface area contributed by atoms with Crippen LogP contribution >= 0.6 is 0 Å². The van der Waals surface area contributed by atoms with Crippen LogP contribution in [-0.2, 0) is 11.3 Å². The first-order chi connectivity index (χ1) is 14.2. The van der Waals surface area contributed by atoms with Crippen molar-refractivity contribution in [3.05, 3.63) is 59.8 Å². The molecule has 29 heavy (non-hydrogen) atoms. The predicted octanol–water partition coefficient (Wildman–Crippen LogP) is 1.61. The molecule has 0 saturated carbocycles. The maximum atomic E-state index is 11.6. The van der Waals surface area contributed by atoms with Gasteiger partial charge in [-0.3, -0.25) is 9.69 Å². The van der Waals surface area contributed by atoms with Crippen LogP contribution in [0.3, 0.4) is 0 Å². The molecule has 1 aromatic carbocycles. The molecular weight excluding hydrogens is 372 g/mol. The Morgan fingerprint density at radius 2 is 2.07 bits per heavy atom. The first kappa shape index (κ1) is 19.1. The summed E-state index contributed by atoms with van der Waals surface area (Å²) < 4.78 is 12.8. The van der Waals surface area contributed by atoms with E-state index in [-0.39, 0.29) is 17.9 Å². The van der Waals surface area contributed by atoms with Gasteiger partial charge in [0, 0.05) is 11.5 Å². The molecule has 3 aromatic rings. The van der Waals surface area contributed by atoms with Crippen LogP contribution < -0.4 is 10.5 Å². The Balaban J connectivity index is 1.70. The van der Waals surface area contributed by atoms with Crippen molar-refractivity contribution in [2.24, 2.45) is 11.7 Å². The monoisotopic (exact) mass is 396 g/mol. The summed E-state index contributed by atoms with van der Waals surface area (Å²) in [5, 5.41) is 12.5. The van der Waals surface area contributed by atoms with Crippen LogP contribution in [-0.4, -0.2) is 51.2 Å². The van der Waals surface area contributed by atoms with E-state index in [1.165, 1.54) is 0 Å². The summed E-state index contributed by atoms with van der Waals surface area (Å²) in [4.78, 5) is 13.9. The van der Waals surface area contributed by atoms with Crippen molar-refractivity contribution in [1.29, 1.82) is 0 Å². The van der Waals surface area contributed by atoms with E-state index in [1.807, 2.05) is 36.4 Å². The number of likely N-dealkylation sites (tertiary alicyclic amines) is 1. The Hall–Kier alpha value is -3.20. The molecule has 0 bridgehead atoms. The normalized spacial score (nSPS) is 16.6. The number of nitrogens with two attached hydrogens (primary N) is 1. The number of amides is 1. The number of carbonyl (C=O) groups is 1. The quantitative estimate of drug-likeness (QED) is 0.645. The molecule has 9 nitrogen and oxygen atoms in total. The number of hydrogen-bond donors (Lipinski definition) is 1. The van der Waals surface area contributed by atoms with E-state index in [4.69, 9.17) is 14.9 Å². The number of para-hydroxylation sites is 1. The van der Waals surface area contributed by atoms with Gasteiger partial charge in [0.15, 0.2) is 5.82 Å². The van der Waals surface area contributed by atoms with Crippen LogP contribution in [0.15, 0.2) is 47.1 Å². The molecule has 1 aliphatic rings. The highest BCUT2D eigenvalue weighted by Crippen LogP contribution is 2.36. The van der Waals surface area contributed by atoms with Gasteiger partial charge in [0.2, 0.25) is 5.91 Å². The fraction of sp³-hybridized carbons (Fsp3) is 0.400. The SMILES string of the molecule is COc1ccccc1[C@H](c1nnnn1Cc1ccco1)N1CCC(C(N)=O)CC1. The molecular formula is C20H24N6O3. The molecule has 1 aliphatic heterocycles. The number of primary amides is 1. The van der Waals surface area contributed by atoms with Crippen LogP contribution in [0, 0.1) is 5.92 Å². The van der Waals surface area contributed by atoms with Gasteiger partial charge in [-0.2, -0.15) is 0 Å². The molecule has 2 N–H and O–H groups in total. The molecule has 0 radical (unpaired) electrons. The fourth-order valence-corrected chi connectivity index (χ4v) is 3.90. The second-order valence-electron chi connectivity index (χ2n) is 7.13. The maximum absolute atomic E-state index is 11.6. The first-order valence-electron chi connectivity index (χ1n) is 9.62. The highest BCUT2D eigenvalue weighted by atomic mass is 16.5. The van der Waals surface area contributed by atoms with E-state index in [2.05, 4.69) is 20.4 Å². The van der Waals surface area contributed by atoms with Gasteiger partial charge in [0.1, 0.15) is 24.1 Å². The standard InChI is InChI=1S/C20H24N6O3/c1-28-17-7-3-2-6-16(17)18(25-10-8-14(9-11-25)19(21)27)20-22-23-24-26(20)13-15-5-4-12-29-15/h2-7,12,14,18H,8-11,13H2,1H3,(H2,21,27)/t18-/m1/s1. The number of aromatic nitrogens is 4. The molecule has 0 spiro atoms. The Labute approximate surface area is 168 Å². The third-order valence-electron chi connectivity index (χ3n) is 5.42. The molecule has 1 amide bonds. The third-order valence-corrected chi connectivity index (χ3v) is 5.42. The van der Waals surface area contributed by atoms with Crippen molar-refractivity contribution in [1.82, 2.24) is 25.1 Å². The number of tetrazole rings is 1. The van der Waals surface area contributed by atoms with Crippen molar-refractivity contribution in [3.63, 3.8) is 0 Å². The minimum atomic E-state index is -0.235. The minimum Gasteiger partial charge on any atom is -0.496 e. The summed E-state index contributed by atoms with van der Waals surface area (Å²) in [6, 6.07) is 11.4. The van der Waals surface area contributed by atoms with Crippen LogP contribution in [0.4, 0.5) is 0 Å². The molecule has 1 saturated heterocycles. The van der Waals surface area contributed by atoms with Crippen molar-refractivity contribution in [3.8, 4) is 5.75 Å². The Kier molecular flexibility index (Phi) is 5.57. The van der Waals surface area contributed by atoms with Gasteiger partial charge in [0.25, 0.3) is 0 Å². The summed E-state index contributed by atoms with van der Waals surface area (Å²) in [5.74, 6) is 1.90. The molecule has 2 aromatic heterocycles. The second kappa shape index (κ2) is 8.44. The number of rotatable bonds is 7. The molecule has 9 heteroatoms. The van der Waals surface area contributed by atoms with Crippen molar-refractivity contribution < 1.29 is 13.9 Å². The Morgan fingerprint density at radius 1 is 1.28 bits per heavy atom. The highest BCUT2D eigenvalue weighted by Gasteiger charge is 2.34. The molecule has 3 heterocycles. The zero-order valence-corrected chi connectivity index (χ0v) is 16.3. The topological polar surface area (TPSA) is 112 Å². The minimum absolute atomic E-state index is 0.0938. The van der Waals surface area contributed by atoms with Crippen LogP contribution in [0.2, 0.25) is 0 Å². The van der Waals surface area contributed by atoms with Crippen molar-refractivity contribution in [2.75, 3.05) is 20.2 Å². The van der Waals surface area contributed by atoms with E-state index in [9.17, 15) is 4.79 Å². The predicted molar refractivity (Wildman–Crippen MR) is 104 cm³/mol. The van der Waals surface area contributed by atoms with Crippen LogP contribution in [0.25, 0.3) is 0 Å². The van der Waals surface area contributed by atoms with Crippen molar-refractivity contribution in [2.45, 2.75) is 25.4 Å². The van der Waals surface area contributed by atoms with Crippen LogP contribution in [0.1, 0.15) is 36.0 Å². The van der Waals surface area contributed by atoms with Gasteiger partial charge in [-0.1, -0.05) is 18.2 Å². The van der Waals surface area contributed by atoms with Gasteiger partial charge >= 0.3 is 0 Å². The summed E-state index contributed by atoms with van der Waals surface area (Å²) in [7, 11) is 1.65. The summed E-state index contributed by atoms with van der Waals surface area (Å²) in [6.45, 7) is 1.85. The van der Waals surface area contributed by atoms with Gasteiger partial charge in [-0.25, -0.2) is 4.68 Å². The first-order valence-corrected chi connectivity index (χ1v) is 9.62. The van der Waals surface area contributed by atoms with E-state index in [1.54, 1.807) is 18.1 Å². The zero-order chi connectivity index (χ0) is 20.2. The lowest BCUT2D eigenvalue weighted by Gasteiger charge is -2.36. The smallest absolute Gasteiger partial charge is 0.220 e. The number of benzene rings is 1. The Bertz CT molecular complexity index is 947. The fourth-order valence-electron chi connectivity index (χ4n) is 3.90. The van der Waals surface area contributed by atoms with Gasteiger partial charge in [-0.15, -0.1) is 5.10 Å². The summed E-state index contributed by atoms with van der Waals surface area (Å²) in [5.41, 5.74) is 6.49. The average molecular weight is 396 g/mol. The van der Waals surface area contributed by atoms with Gasteiger partial charge in [0.05, 0.1) is 13.4 Å². The second-order valence-corrected chi connectivity index (χ2v) is 7.13. The van der Waals surface area contributed by atoms with E-state index in [0.717, 1.165) is 17.1 Å². The highest BCUT2D eigenvalue weighted by molar-refractivity contribution is 5.76. The zero-order valence-electron chi connectivity index (χ0n) is 16.3. The van der Waals surface area contributed by atoms with Gasteiger partial charge < -0.3 is 14.9 Å². The molecule has 0 unspecified atom stereocenters. The largest absolute Gasteiger partial charge is 0.496 e. The van der Waals surface area contributed by atoms with Crippen LogP contribution in [0.5, 0.6) is 5.75 Å². The third kappa shape index (κ3) is 4.00. The lowest BCUT2D eigenvalue weighted by Crippen LogP contribution is -2.41. The molecule has 152 valence electrons. The number of ether oxygens (including phenoxy) is 1. The molecule has 4 rings (SSSR count). The molecule has 1 atom stereocenters. The Morgan fingerprint density at radius 3 is 2.76 bits per heavy atom. The lowest BCUT2D eigenvalue weighted by molar-refractivity contribution is -0.123. The van der Waals surface area contributed by atoms with E-state index in [0.29, 0.717) is 38.3 Å². The number of piperidine rings is 1. The number of methoxy groups -OCH3 is 1. The number of carbonyl (C=O) groups excluding carboxylic acids is 1. The summed E-state index contributed by atoms with van der Waals surface area (Å²) in [6.07, 6.45) is 3.05. The summed E-state index contributed by atoms with van der Waals surface area (Å²) >= 11 is 0. The molecule has 1 fully saturated rings. The number of nitrogens with zero attached hydrogens (tertiary/aromatic N) is 5.